The van der Waals surface area contributed by atoms with E-state index in [1.54, 1.807) is 6.07 Å². The standard InChI is InChI=1S/C17H19ClFNS/c1-17(2,3)20-11-12-7-8-16(15(19)9-12)21-14-6-4-5-13(18)10-14/h4-10,20H,11H2,1-3H3. The average molecular weight is 324 g/mol. The molecule has 0 amide bonds. The molecule has 0 aromatic heterocycles. The summed E-state index contributed by atoms with van der Waals surface area (Å²) in [6.07, 6.45) is 0. The van der Waals surface area contributed by atoms with Gasteiger partial charge in [0.05, 0.1) is 0 Å². The highest BCUT2D eigenvalue weighted by Gasteiger charge is 2.10. The zero-order chi connectivity index (χ0) is 15.5. The molecule has 2 rings (SSSR count). The van der Waals surface area contributed by atoms with E-state index in [-0.39, 0.29) is 11.4 Å². The summed E-state index contributed by atoms with van der Waals surface area (Å²) in [7, 11) is 0. The molecular formula is C17H19ClFNS. The Morgan fingerprint density at radius 2 is 1.90 bits per heavy atom. The highest BCUT2D eigenvalue weighted by Crippen LogP contribution is 2.31. The summed E-state index contributed by atoms with van der Waals surface area (Å²) in [6, 6.07) is 12.8. The average Bonchev–Trinajstić information content (AvgIpc) is 2.38. The van der Waals surface area contributed by atoms with Crippen molar-refractivity contribution in [3.63, 3.8) is 0 Å². The molecule has 0 heterocycles. The Hall–Kier alpha value is -1.03. The summed E-state index contributed by atoms with van der Waals surface area (Å²) in [4.78, 5) is 1.54. The number of hydrogen-bond donors (Lipinski definition) is 1. The van der Waals surface area contributed by atoms with Crippen LogP contribution in [0.3, 0.4) is 0 Å². The minimum atomic E-state index is -0.201. The Kier molecular flexibility index (Phi) is 5.31. The van der Waals surface area contributed by atoms with Crippen LogP contribution in [0.15, 0.2) is 52.3 Å². The lowest BCUT2D eigenvalue weighted by molar-refractivity contribution is 0.423. The molecule has 0 spiro atoms. The molecule has 0 saturated heterocycles. The predicted molar refractivity (Wildman–Crippen MR) is 88.6 cm³/mol. The van der Waals surface area contributed by atoms with Crippen LogP contribution in [0.1, 0.15) is 26.3 Å². The van der Waals surface area contributed by atoms with Gasteiger partial charge in [0.25, 0.3) is 0 Å². The molecule has 0 radical (unpaired) electrons. The Morgan fingerprint density at radius 1 is 1.14 bits per heavy atom. The van der Waals surface area contributed by atoms with Gasteiger partial charge in [0.1, 0.15) is 5.82 Å². The molecule has 0 bridgehead atoms. The molecule has 0 aliphatic heterocycles. The lowest BCUT2D eigenvalue weighted by Gasteiger charge is -2.20. The Labute approximate surface area is 134 Å². The lowest BCUT2D eigenvalue weighted by Crippen LogP contribution is -2.35. The van der Waals surface area contributed by atoms with E-state index in [1.165, 1.54) is 11.8 Å². The molecule has 2 aromatic rings. The summed E-state index contributed by atoms with van der Waals surface area (Å²) in [5.41, 5.74) is 0.961. The molecule has 0 saturated carbocycles. The van der Waals surface area contributed by atoms with Gasteiger partial charge in [0.2, 0.25) is 0 Å². The number of nitrogens with one attached hydrogen (secondary N) is 1. The zero-order valence-corrected chi connectivity index (χ0v) is 14.0. The van der Waals surface area contributed by atoms with Gasteiger partial charge in [-0.3, -0.25) is 0 Å². The van der Waals surface area contributed by atoms with Gasteiger partial charge in [-0.2, -0.15) is 0 Å². The first-order valence-corrected chi connectivity index (χ1v) is 8.00. The molecule has 2 aromatic carbocycles. The highest BCUT2D eigenvalue weighted by molar-refractivity contribution is 7.99. The molecule has 112 valence electrons. The quantitative estimate of drug-likeness (QED) is 0.795. The minimum absolute atomic E-state index is 0.0185. The van der Waals surface area contributed by atoms with Crippen molar-refractivity contribution in [3.05, 3.63) is 58.9 Å². The maximum Gasteiger partial charge on any atom is 0.137 e. The van der Waals surface area contributed by atoms with Gasteiger partial charge in [-0.1, -0.05) is 35.5 Å². The van der Waals surface area contributed by atoms with Crippen LogP contribution in [0.5, 0.6) is 0 Å². The van der Waals surface area contributed by atoms with Crippen LogP contribution in [0.4, 0.5) is 4.39 Å². The van der Waals surface area contributed by atoms with Crippen molar-refractivity contribution < 1.29 is 4.39 Å². The van der Waals surface area contributed by atoms with Crippen molar-refractivity contribution in [2.24, 2.45) is 0 Å². The van der Waals surface area contributed by atoms with Crippen LogP contribution in [0.2, 0.25) is 5.02 Å². The van der Waals surface area contributed by atoms with E-state index in [0.29, 0.717) is 16.5 Å². The maximum absolute atomic E-state index is 14.2. The summed E-state index contributed by atoms with van der Waals surface area (Å²) < 4.78 is 14.2. The van der Waals surface area contributed by atoms with Crippen LogP contribution in [0.25, 0.3) is 0 Å². The monoisotopic (exact) mass is 323 g/mol. The van der Waals surface area contributed by atoms with Crippen LogP contribution >= 0.6 is 23.4 Å². The van der Waals surface area contributed by atoms with E-state index in [1.807, 2.05) is 36.4 Å². The normalized spacial score (nSPS) is 11.7. The minimum Gasteiger partial charge on any atom is -0.308 e. The first kappa shape index (κ1) is 16.3. The molecule has 0 aliphatic rings. The molecule has 0 atom stereocenters. The van der Waals surface area contributed by atoms with E-state index >= 15 is 0 Å². The second-order valence-corrected chi connectivity index (χ2v) is 7.48. The first-order valence-electron chi connectivity index (χ1n) is 6.80. The van der Waals surface area contributed by atoms with Crippen molar-refractivity contribution in [2.75, 3.05) is 0 Å². The second kappa shape index (κ2) is 6.82. The fourth-order valence-electron chi connectivity index (χ4n) is 1.76. The van der Waals surface area contributed by atoms with Crippen molar-refractivity contribution in [1.82, 2.24) is 5.32 Å². The summed E-state index contributed by atoms with van der Waals surface area (Å²) in [5, 5.41) is 4.01. The third-order valence-electron chi connectivity index (χ3n) is 2.84. The zero-order valence-electron chi connectivity index (χ0n) is 12.4. The molecule has 0 fully saturated rings. The van der Waals surface area contributed by atoms with Crippen molar-refractivity contribution >= 4 is 23.4 Å². The summed E-state index contributed by atoms with van der Waals surface area (Å²) >= 11 is 7.33. The van der Waals surface area contributed by atoms with Crippen LogP contribution in [0, 0.1) is 5.82 Å². The van der Waals surface area contributed by atoms with Gasteiger partial charge in [0, 0.05) is 26.9 Å². The maximum atomic E-state index is 14.2. The van der Waals surface area contributed by atoms with E-state index in [4.69, 9.17) is 11.6 Å². The molecule has 21 heavy (non-hydrogen) atoms. The Bertz CT molecular complexity index is 622. The van der Waals surface area contributed by atoms with Crippen molar-refractivity contribution in [1.29, 1.82) is 0 Å². The van der Waals surface area contributed by atoms with Gasteiger partial charge < -0.3 is 5.32 Å². The van der Waals surface area contributed by atoms with Crippen LogP contribution < -0.4 is 5.32 Å². The number of benzene rings is 2. The van der Waals surface area contributed by atoms with E-state index in [9.17, 15) is 4.39 Å². The largest absolute Gasteiger partial charge is 0.308 e. The van der Waals surface area contributed by atoms with Gasteiger partial charge in [-0.15, -0.1) is 0 Å². The van der Waals surface area contributed by atoms with Gasteiger partial charge in [-0.25, -0.2) is 4.39 Å². The molecular weight excluding hydrogens is 305 g/mol. The number of hydrogen-bond acceptors (Lipinski definition) is 2. The molecule has 1 nitrogen and oxygen atoms in total. The smallest absolute Gasteiger partial charge is 0.137 e. The van der Waals surface area contributed by atoms with Crippen LogP contribution in [-0.2, 0) is 6.54 Å². The van der Waals surface area contributed by atoms with Gasteiger partial charge in [-0.05, 0) is 56.7 Å². The summed E-state index contributed by atoms with van der Waals surface area (Å²) in [6.45, 7) is 6.93. The van der Waals surface area contributed by atoms with Crippen molar-refractivity contribution in [2.45, 2.75) is 42.6 Å². The fourth-order valence-corrected chi connectivity index (χ4v) is 2.90. The van der Waals surface area contributed by atoms with Crippen LogP contribution in [-0.4, -0.2) is 5.54 Å². The highest BCUT2D eigenvalue weighted by atomic mass is 35.5. The second-order valence-electron chi connectivity index (χ2n) is 5.93. The molecule has 0 aliphatic carbocycles. The lowest BCUT2D eigenvalue weighted by atomic mass is 10.1. The van der Waals surface area contributed by atoms with E-state index in [2.05, 4.69) is 26.1 Å². The van der Waals surface area contributed by atoms with Gasteiger partial charge in [0.15, 0.2) is 0 Å². The molecule has 4 heteroatoms. The van der Waals surface area contributed by atoms with E-state index in [0.717, 1.165) is 10.5 Å². The van der Waals surface area contributed by atoms with Gasteiger partial charge >= 0.3 is 0 Å². The third-order valence-corrected chi connectivity index (χ3v) is 4.12. The summed E-state index contributed by atoms with van der Waals surface area (Å²) in [5.74, 6) is -0.201. The molecule has 1 N–H and O–H groups in total. The third kappa shape index (κ3) is 5.34. The topological polar surface area (TPSA) is 12.0 Å². The molecule has 0 unspecified atom stereocenters. The fraction of sp³-hybridized carbons (Fsp3) is 0.294. The van der Waals surface area contributed by atoms with Crippen molar-refractivity contribution in [3.8, 4) is 0 Å². The SMILES string of the molecule is CC(C)(C)NCc1ccc(Sc2cccc(Cl)c2)c(F)c1. The predicted octanol–water partition coefficient (Wildman–Crippen LogP) is 5.52. The number of halogens is 2. The Balaban J connectivity index is 2.09. The Morgan fingerprint density at radius 3 is 2.52 bits per heavy atom. The van der Waals surface area contributed by atoms with E-state index < -0.39 is 0 Å². The number of rotatable bonds is 4. The first-order chi connectivity index (χ1) is 9.83.